The maximum atomic E-state index is 12.1. The Morgan fingerprint density at radius 2 is 1.92 bits per heavy atom. The van der Waals surface area contributed by atoms with Gasteiger partial charge in [0.05, 0.1) is 26.2 Å². The Morgan fingerprint density at radius 3 is 2.58 bits per heavy atom. The Hall–Kier alpha value is -2.28. The summed E-state index contributed by atoms with van der Waals surface area (Å²) in [6, 6.07) is 7.24. The van der Waals surface area contributed by atoms with Crippen molar-refractivity contribution < 1.29 is 23.8 Å². The molecule has 0 aromatic heterocycles. The highest BCUT2D eigenvalue weighted by atomic mass is 16.5. The molecule has 1 fully saturated rings. The molecule has 0 spiro atoms. The van der Waals surface area contributed by atoms with Crippen molar-refractivity contribution in [2.24, 2.45) is 5.92 Å². The van der Waals surface area contributed by atoms with Crippen LogP contribution in [-0.4, -0.2) is 63.8 Å². The van der Waals surface area contributed by atoms with Crippen LogP contribution in [0.15, 0.2) is 24.3 Å². The van der Waals surface area contributed by atoms with E-state index in [4.69, 9.17) is 14.2 Å². The zero-order valence-electron chi connectivity index (χ0n) is 14.1. The number of hydrogen-bond donors (Lipinski definition) is 1. The van der Waals surface area contributed by atoms with Gasteiger partial charge in [-0.2, -0.15) is 0 Å². The van der Waals surface area contributed by atoms with Crippen molar-refractivity contribution >= 4 is 11.8 Å². The van der Waals surface area contributed by atoms with Gasteiger partial charge in [0.1, 0.15) is 18.1 Å². The first kappa shape index (κ1) is 18.1. The summed E-state index contributed by atoms with van der Waals surface area (Å²) in [4.78, 5) is 25.6. The highest BCUT2D eigenvalue weighted by Gasteiger charge is 2.33. The van der Waals surface area contributed by atoms with E-state index in [0.717, 1.165) is 5.75 Å². The van der Waals surface area contributed by atoms with Gasteiger partial charge in [-0.05, 0) is 24.3 Å². The van der Waals surface area contributed by atoms with Crippen LogP contribution in [0.1, 0.15) is 6.42 Å². The Morgan fingerprint density at radius 1 is 1.21 bits per heavy atom. The SMILES string of the molecule is COCCN1CC(C(=O)NCCOc2ccc(OC)cc2)CC1=O. The predicted octanol–water partition coefficient (Wildman–Crippen LogP) is 0.685. The van der Waals surface area contributed by atoms with E-state index < -0.39 is 0 Å². The lowest BCUT2D eigenvalue weighted by Crippen LogP contribution is -2.35. The predicted molar refractivity (Wildman–Crippen MR) is 88.1 cm³/mol. The normalized spacial score (nSPS) is 17.0. The molecule has 2 rings (SSSR count). The van der Waals surface area contributed by atoms with Gasteiger partial charge < -0.3 is 24.4 Å². The molecule has 1 aliphatic heterocycles. The van der Waals surface area contributed by atoms with Crippen LogP contribution in [0.3, 0.4) is 0 Å². The van der Waals surface area contributed by atoms with E-state index in [1.54, 1.807) is 19.1 Å². The summed E-state index contributed by atoms with van der Waals surface area (Å²) < 4.78 is 15.6. The molecule has 1 unspecified atom stereocenters. The number of benzene rings is 1. The first-order valence-corrected chi connectivity index (χ1v) is 7.95. The maximum Gasteiger partial charge on any atom is 0.225 e. The Balaban J connectivity index is 1.67. The average Bonchev–Trinajstić information content (AvgIpc) is 2.98. The fraction of sp³-hybridized carbons (Fsp3) is 0.529. The van der Waals surface area contributed by atoms with Gasteiger partial charge in [0.15, 0.2) is 0 Å². The maximum absolute atomic E-state index is 12.1. The third kappa shape index (κ3) is 5.13. The second-order valence-electron chi connectivity index (χ2n) is 5.55. The Kier molecular flexibility index (Phi) is 6.87. The number of nitrogens with one attached hydrogen (secondary N) is 1. The molecule has 7 nitrogen and oxygen atoms in total. The summed E-state index contributed by atoms with van der Waals surface area (Å²) in [5.41, 5.74) is 0. The van der Waals surface area contributed by atoms with Crippen LogP contribution in [0.25, 0.3) is 0 Å². The minimum atomic E-state index is -0.296. The van der Waals surface area contributed by atoms with Gasteiger partial charge in [-0.3, -0.25) is 9.59 Å². The largest absolute Gasteiger partial charge is 0.497 e. The number of rotatable bonds is 9. The first-order chi connectivity index (χ1) is 11.6. The lowest BCUT2D eigenvalue weighted by Gasteiger charge is -2.15. The summed E-state index contributed by atoms with van der Waals surface area (Å²) in [6.45, 7) is 2.22. The summed E-state index contributed by atoms with van der Waals surface area (Å²) in [5.74, 6) is 1.07. The van der Waals surface area contributed by atoms with Crippen LogP contribution in [0.2, 0.25) is 0 Å². The van der Waals surface area contributed by atoms with Crippen molar-refractivity contribution in [1.82, 2.24) is 10.2 Å². The molecular weight excluding hydrogens is 312 g/mol. The second kappa shape index (κ2) is 9.12. The van der Waals surface area contributed by atoms with Gasteiger partial charge in [0.25, 0.3) is 0 Å². The van der Waals surface area contributed by atoms with Crippen LogP contribution < -0.4 is 14.8 Å². The number of hydrogen-bond acceptors (Lipinski definition) is 5. The van der Waals surface area contributed by atoms with Crippen molar-refractivity contribution in [3.05, 3.63) is 24.3 Å². The van der Waals surface area contributed by atoms with Crippen LogP contribution in [0.4, 0.5) is 0 Å². The standard InChI is InChI=1S/C17H24N2O5/c1-22-10-8-19-12-13(11-16(19)20)17(21)18-7-9-24-15-5-3-14(23-2)4-6-15/h3-6,13H,7-12H2,1-2H3,(H,18,21). The number of likely N-dealkylation sites (tertiary alicyclic amines) is 1. The van der Waals surface area contributed by atoms with Gasteiger partial charge in [-0.15, -0.1) is 0 Å². The molecule has 132 valence electrons. The molecule has 2 amide bonds. The Bertz CT molecular complexity index is 546. The molecule has 1 N–H and O–H groups in total. The zero-order valence-corrected chi connectivity index (χ0v) is 14.1. The van der Waals surface area contributed by atoms with Crippen molar-refractivity contribution in [2.75, 3.05) is 47.1 Å². The van der Waals surface area contributed by atoms with Crippen LogP contribution in [-0.2, 0) is 14.3 Å². The number of carbonyl (C=O) groups excluding carboxylic acids is 2. The molecule has 0 bridgehead atoms. The van der Waals surface area contributed by atoms with Crippen molar-refractivity contribution in [1.29, 1.82) is 0 Å². The smallest absolute Gasteiger partial charge is 0.225 e. The highest BCUT2D eigenvalue weighted by Crippen LogP contribution is 2.18. The lowest BCUT2D eigenvalue weighted by molar-refractivity contribution is -0.129. The number of amides is 2. The van der Waals surface area contributed by atoms with E-state index in [9.17, 15) is 9.59 Å². The molecule has 0 saturated carbocycles. The molecule has 1 heterocycles. The Labute approximate surface area is 141 Å². The number of nitrogens with zero attached hydrogens (tertiary/aromatic N) is 1. The molecule has 0 aliphatic carbocycles. The average molecular weight is 336 g/mol. The number of carbonyl (C=O) groups is 2. The van der Waals surface area contributed by atoms with E-state index >= 15 is 0 Å². The van der Waals surface area contributed by atoms with Crippen LogP contribution in [0.5, 0.6) is 11.5 Å². The van der Waals surface area contributed by atoms with Crippen molar-refractivity contribution in [3.8, 4) is 11.5 Å². The minimum absolute atomic E-state index is 0.00156. The third-order valence-corrected chi connectivity index (χ3v) is 3.88. The summed E-state index contributed by atoms with van der Waals surface area (Å²) in [5, 5.41) is 2.82. The van der Waals surface area contributed by atoms with E-state index in [1.165, 1.54) is 0 Å². The summed E-state index contributed by atoms with van der Waals surface area (Å²) in [7, 11) is 3.20. The molecule has 1 aromatic carbocycles. The lowest BCUT2D eigenvalue weighted by atomic mass is 10.1. The quantitative estimate of drug-likeness (QED) is 0.671. The number of ether oxygens (including phenoxy) is 3. The van der Waals surface area contributed by atoms with Crippen LogP contribution >= 0.6 is 0 Å². The van der Waals surface area contributed by atoms with Gasteiger partial charge in [-0.1, -0.05) is 0 Å². The fourth-order valence-corrected chi connectivity index (χ4v) is 2.52. The van der Waals surface area contributed by atoms with Gasteiger partial charge in [-0.25, -0.2) is 0 Å². The molecule has 24 heavy (non-hydrogen) atoms. The molecule has 1 saturated heterocycles. The van der Waals surface area contributed by atoms with Crippen LogP contribution in [0, 0.1) is 5.92 Å². The van der Waals surface area contributed by atoms with E-state index in [0.29, 0.717) is 38.6 Å². The van der Waals surface area contributed by atoms with E-state index in [-0.39, 0.29) is 24.2 Å². The second-order valence-corrected chi connectivity index (χ2v) is 5.55. The summed E-state index contributed by atoms with van der Waals surface area (Å²) >= 11 is 0. The summed E-state index contributed by atoms with van der Waals surface area (Å²) in [6.07, 6.45) is 0.259. The number of methoxy groups -OCH3 is 2. The van der Waals surface area contributed by atoms with Gasteiger partial charge in [0.2, 0.25) is 11.8 Å². The first-order valence-electron chi connectivity index (χ1n) is 7.95. The molecule has 1 aromatic rings. The van der Waals surface area contributed by atoms with Crippen molar-refractivity contribution in [3.63, 3.8) is 0 Å². The third-order valence-electron chi connectivity index (χ3n) is 3.88. The van der Waals surface area contributed by atoms with Crippen molar-refractivity contribution in [2.45, 2.75) is 6.42 Å². The van der Waals surface area contributed by atoms with E-state index in [2.05, 4.69) is 5.32 Å². The highest BCUT2D eigenvalue weighted by molar-refractivity contribution is 5.89. The molecule has 7 heteroatoms. The molecule has 1 aliphatic rings. The van der Waals surface area contributed by atoms with E-state index in [1.807, 2.05) is 24.3 Å². The topological polar surface area (TPSA) is 77.1 Å². The molecule has 1 atom stereocenters. The zero-order chi connectivity index (χ0) is 17.4. The molecular formula is C17H24N2O5. The minimum Gasteiger partial charge on any atom is -0.497 e. The fourth-order valence-electron chi connectivity index (χ4n) is 2.52. The monoisotopic (exact) mass is 336 g/mol. The molecule has 0 radical (unpaired) electrons. The van der Waals surface area contributed by atoms with Gasteiger partial charge in [0, 0.05) is 26.6 Å². The van der Waals surface area contributed by atoms with Gasteiger partial charge >= 0.3 is 0 Å².